The van der Waals surface area contributed by atoms with Crippen molar-refractivity contribution in [2.24, 2.45) is 63.1 Å². The number of hydrogen-bond donors (Lipinski definition) is 4. The summed E-state index contributed by atoms with van der Waals surface area (Å²) in [5, 5.41) is 44.2. The molecule has 0 radical (unpaired) electrons. The van der Waals surface area contributed by atoms with Crippen molar-refractivity contribution in [1.29, 1.82) is 0 Å². The lowest BCUT2D eigenvalue weighted by Crippen LogP contribution is -2.64. The number of aliphatic hydroxyl groups excluding tert-OH is 3. The number of Topliss-reactive ketones (excluding diaryl/α,β-unsaturated/α-hetero) is 1. The second-order valence-corrected chi connectivity index (χ2v) is 20.2. The highest BCUT2D eigenvalue weighted by atomic mass is 16.5. The zero-order chi connectivity index (χ0) is 38.6. The third-order valence-corrected chi connectivity index (χ3v) is 18.4. The number of unbranched alkanes of at least 4 members (excludes halogenated alkanes) is 1. The molecular weight excluding hydrogens is 684 g/mol. The average Bonchev–Trinajstić information content (AvgIpc) is 3.58. The Kier molecular flexibility index (Phi) is 9.63. The molecule has 6 fully saturated rings. The molecule has 0 aromatic rings. The van der Waals surface area contributed by atoms with E-state index >= 15 is 0 Å². The molecule has 0 bridgehead atoms. The van der Waals surface area contributed by atoms with Gasteiger partial charge in [0.05, 0.1) is 12.2 Å². The molecule has 0 aromatic heterocycles. The highest BCUT2D eigenvalue weighted by Gasteiger charge is 2.69. The smallest absolute Gasteiger partial charge is 0.306 e. The molecule has 8 aliphatic rings. The summed E-state index contributed by atoms with van der Waals surface area (Å²) >= 11 is 0. The molecule has 4 N–H and O–H groups in total. The van der Waals surface area contributed by atoms with Crippen LogP contribution in [0.1, 0.15) is 137 Å². The van der Waals surface area contributed by atoms with Gasteiger partial charge in [-0.2, -0.15) is 0 Å². The topological polar surface area (TPSA) is 158 Å². The van der Waals surface area contributed by atoms with Crippen LogP contribution in [0.15, 0.2) is 23.3 Å². The third kappa shape index (κ3) is 5.43. The fourth-order valence-corrected chi connectivity index (χ4v) is 15.5. The first-order valence-electron chi connectivity index (χ1n) is 21.4. The van der Waals surface area contributed by atoms with Gasteiger partial charge in [0.2, 0.25) is 0 Å². The summed E-state index contributed by atoms with van der Waals surface area (Å²) in [6.07, 6.45) is 13.6. The first kappa shape index (κ1) is 38.7. The van der Waals surface area contributed by atoms with Crippen LogP contribution in [-0.4, -0.2) is 74.3 Å². The van der Waals surface area contributed by atoms with Gasteiger partial charge in [0.15, 0.2) is 17.3 Å². The minimum atomic E-state index is -1.69. The van der Waals surface area contributed by atoms with E-state index in [-0.39, 0.29) is 83.8 Å². The van der Waals surface area contributed by atoms with Gasteiger partial charge < -0.3 is 25.2 Å². The lowest BCUT2D eigenvalue weighted by molar-refractivity contribution is -0.197. The fourth-order valence-electron chi connectivity index (χ4n) is 15.5. The van der Waals surface area contributed by atoms with E-state index < -0.39 is 41.0 Å². The van der Waals surface area contributed by atoms with Crippen LogP contribution in [0.5, 0.6) is 0 Å². The van der Waals surface area contributed by atoms with Crippen LogP contribution in [0, 0.1) is 63.1 Å². The van der Waals surface area contributed by atoms with Crippen LogP contribution in [0.4, 0.5) is 0 Å². The van der Waals surface area contributed by atoms with Gasteiger partial charge in [0.25, 0.3) is 0 Å². The minimum Gasteiger partial charge on any atom is -0.461 e. The van der Waals surface area contributed by atoms with Crippen molar-refractivity contribution in [3.63, 3.8) is 0 Å². The Morgan fingerprint density at radius 3 is 2.19 bits per heavy atom. The molecule has 0 amide bonds. The van der Waals surface area contributed by atoms with Gasteiger partial charge in [-0.1, -0.05) is 45.3 Å². The highest BCUT2D eigenvalue weighted by Crippen LogP contribution is 2.69. The summed E-state index contributed by atoms with van der Waals surface area (Å²) in [5.41, 5.74) is -1.12. The van der Waals surface area contributed by atoms with Crippen molar-refractivity contribution < 1.29 is 44.3 Å². The van der Waals surface area contributed by atoms with E-state index in [4.69, 9.17) is 4.74 Å². The van der Waals surface area contributed by atoms with Gasteiger partial charge in [0.1, 0.15) is 18.3 Å². The monoisotopic (exact) mass is 748 g/mol. The van der Waals surface area contributed by atoms with Crippen molar-refractivity contribution in [2.75, 3.05) is 6.61 Å². The van der Waals surface area contributed by atoms with Gasteiger partial charge in [-0.15, -0.1) is 0 Å². The summed E-state index contributed by atoms with van der Waals surface area (Å²) in [5.74, 6) is 0.681. The summed E-state index contributed by atoms with van der Waals surface area (Å²) < 4.78 is 6.28. The van der Waals surface area contributed by atoms with Crippen molar-refractivity contribution >= 4 is 23.3 Å². The Hall–Kier alpha value is -2.20. The van der Waals surface area contributed by atoms with Gasteiger partial charge in [0, 0.05) is 36.0 Å². The number of esters is 1. The van der Waals surface area contributed by atoms with E-state index in [1.54, 1.807) is 6.08 Å². The highest BCUT2D eigenvalue weighted by molar-refractivity contribution is 5.93. The minimum absolute atomic E-state index is 0.00638. The first-order chi connectivity index (χ1) is 25.5. The molecule has 9 nitrogen and oxygen atoms in total. The first-order valence-corrected chi connectivity index (χ1v) is 21.4. The van der Waals surface area contributed by atoms with Gasteiger partial charge in [-0.3, -0.25) is 19.2 Å². The largest absolute Gasteiger partial charge is 0.461 e. The zero-order valence-electron chi connectivity index (χ0n) is 33.0. The fraction of sp³-hybridized carbons (Fsp3) is 0.822. The van der Waals surface area contributed by atoms with Gasteiger partial charge in [-0.05, 0) is 142 Å². The lowest BCUT2D eigenvalue weighted by Gasteiger charge is -2.61. The molecular formula is C45H64O9. The predicted octanol–water partition coefficient (Wildman–Crippen LogP) is 5.98. The van der Waals surface area contributed by atoms with Crippen molar-refractivity contribution in [3.05, 3.63) is 23.3 Å². The third-order valence-electron chi connectivity index (χ3n) is 18.4. The lowest BCUT2D eigenvalue weighted by atomic mass is 9.44. The average molecular weight is 749 g/mol. The number of carbonyl (C=O) groups excluding carboxylic acids is 4. The molecule has 0 spiro atoms. The maximum absolute atomic E-state index is 13.7. The van der Waals surface area contributed by atoms with Crippen molar-refractivity contribution in [3.8, 4) is 0 Å². The molecule has 0 saturated heterocycles. The van der Waals surface area contributed by atoms with Gasteiger partial charge in [-0.25, -0.2) is 0 Å². The second-order valence-electron chi connectivity index (χ2n) is 20.2. The van der Waals surface area contributed by atoms with E-state index in [1.165, 1.54) is 5.57 Å². The maximum Gasteiger partial charge on any atom is 0.306 e. The van der Waals surface area contributed by atoms with Gasteiger partial charge >= 0.3 is 5.97 Å². The van der Waals surface area contributed by atoms with Crippen LogP contribution in [0.3, 0.4) is 0 Å². The standard InChI is InChI=1S/C45H64O9/c1-41-17-15-34-30(32(41)13-14-36(41)50)11-9-26-20-28(47)19-25(43(26,34)3)7-5-6-8-39(52)54-38-22-29(48)21-27-10-12-31-33-16-18-45(53,37(51)24-46)42(33,2)23-35(49)40(31)44(27,38)4/h20-21,25,30-36,38,40,46,49-50,53H,5-19,22-24H2,1-4H3/t25?,30-,31-,32-,33-,34-,35-,36-,38?,40+,41-,42-,43-,44+,45-/m0/s1. The van der Waals surface area contributed by atoms with Crippen LogP contribution < -0.4 is 0 Å². The maximum atomic E-state index is 13.7. The normalized spacial score (nSPS) is 49.3. The molecule has 54 heavy (non-hydrogen) atoms. The van der Waals surface area contributed by atoms with E-state index in [0.29, 0.717) is 49.9 Å². The summed E-state index contributed by atoms with van der Waals surface area (Å²) in [6, 6.07) is 0. The number of ketones is 3. The number of aliphatic hydroxyl groups is 4. The van der Waals surface area contributed by atoms with Crippen LogP contribution in [0.2, 0.25) is 0 Å². The quantitative estimate of drug-likeness (QED) is 0.173. The number of hydrogen-bond acceptors (Lipinski definition) is 9. The molecule has 9 heteroatoms. The number of carbonyl (C=O) groups is 4. The molecule has 298 valence electrons. The summed E-state index contributed by atoms with van der Waals surface area (Å²) in [6.45, 7) is 7.90. The number of allylic oxidation sites excluding steroid dienone is 1. The molecule has 8 rings (SSSR count). The Morgan fingerprint density at radius 2 is 1.46 bits per heavy atom. The summed E-state index contributed by atoms with van der Waals surface area (Å²) in [4.78, 5) is 52.6. The number of ether oxygens (including phenoxy) is 1. The van der Waals surface area contributed by atoms with Crippen LogP contribution in [-0.2, 0) is 23.9 Å². The molecule has 0 aliphatic heterocycles. The molecule has 8 aliphatic carbocycles. The zero-order valence-corrected chi connectivity index (χ0v) is 33.0. The summed E-state index contributed by atoms with van der Waals surface area (Å²) in [7, 11) is 0. The van der Waals surface area contributed by atoms with Crippen LogP contribution >= 0.6 is 0 Å². The second kappa shape index (κ2) is 13.4. The molecule has 15 atom stereocenters. The predicted molar refractivity (Wildman–Crippen MR) is 200 cm³/mol. The number of rotatable bonds is 8. The molecule has 0 aromatic carbocycles. The Morgan fingerprint density at radius 1 is 0.796 bits per heavy atom. The van der Waals surface area contributed by atoms with E-state index in [9.17, 15) is 39.6 Å². The molecule has 2 unspecified atom stereocenters. The van der Waals surface area contributed by atoms with Crippen LogP contribution in [0.25, 0.3) is 0 Å². The van der Waals surface area contributed by atoms with E-state index in [2.05, 4.69) is 13.8 Å². The van der Waals surface area contributed by atoms with E-state index in [0.717, 1.165) is 56.9 Å². The van der Waals surface area contributed by atoms with Crippen molar-refractivity contribution in [1.82, 2.24) is 0 Å². The Balaban J connectivity index is 0.935. The SMILES string of the molecule is C[C@]12CC[C@H]3[C@@H](CCC4=CC(=O)CC(CCCCC(=O)OC5CC(=O)C=C6CC[C@@H]7[C@H]([C@@H](O)C[C@@]8(C)[C@H]7CC[C@]8(O)C(=O)CO)[C@]65C)[C@@]43C)[C@@H]1CC[C@@H]2O. The number of fused-ring (bicyclic) bond motifs is 10. The van der Waals surface area contributed by atoms with E-state index in [1.807, 2.05) is 19.9 Å². The Bertz CT molecular complexity index is 1650. The van der Waals surface area contributed by atoms with Crippen molar-refractivity contribution in [2.45, 2.75) is 161 Å². The Labute approximate surface area is 320 Å². The molecule has 0 heterocycles. The molecule has 6 saturated carbocycles.